The number of halogens is 4. The van der Waals surface area contributed by atoms with Gasteiger partial charge in [0.1, 0.15) is 5.82 Å². The minimum Gasteiger partial charge on any atom is -0.383 e. The normalized spacial score (nSPS) is 12.6. The minimum absolute atomic E-state index is 0.151. The van der Waals surface area contributed by atoms with Gasteiger partial charge in [-0.25, -0.2) is 4.39 Å². The van der Waals surface area contributed by atoms with Crippen molar-refractivity contribution in [1.29, 1.82) is 0 Å². The van der Waals surface area contributed by atoms with E-state index in [1.807, 2.05) is 13.8 Å². The fourth-order valence-electron chi connectivity index (χ4n) is 1.44. The Kier molecular flexibility index (Phi) is 4.79. The number of anilines is 1. The van der Waals surface area contributed by atoms with E-state index < -0.39 is 23.2 Å². The third kappa shape index (κ3) is 4.70. The molecule has 1 rings (SSSR count). The second-order valence-electron chi connectivity index (χ2n) is 4.83. The van der Waals surface area contributed by atoms with Crippen molar-refractivity contribution in [2.24, 2.45) is 0 Å². The standard InChI is InChI=1S/C13H17F4NO/c1-12(2,19-3)6-7-18-11-8-9(13(15,16)17)4-5-10(11)14/h4-5,8,18H,6-7H2,1-3H3. The third-order valence-electron chi connectivity index (χ3n) is 2.89. The maximum absolute atomic E-state index is 13.4. The van der Waals surface area contributed by atoms with Crippen molar-refractivity contribution in [2.45, 2.75) is 32.0 Å². The molecule has 0 aliphatic rings. The van der Waals surface area contributed by atoms with Crippen LogP contribution in [0.3, 0.4) is 0 Å². The smallest absolute Gasteiger partial charge is 0.383 e. The Morgan fingerprint density at radius 1 is 1.21 bits per heavy atom. The first-order valence-electron chi connectivity index (χ1n) is 5.81. The Labute approximate surface area is 109 Å². The summed E-state index contributed by atoms with van der Waals surface area (Å²) < 4.78 is 56.1. The SMILES string of the molecule is COC(C)(C)CCNc1cc(C(F)(F)F)ccc1F. The molecule has 1 aromatic carbocycles. The van der Waals surface area contributed by atoms with Crippen molar-refractivity contribution in [2.75, 3.05) is 19.0 Å². The molecule has 0 radical (unpaired) electrons. The second-order valence-corrected chi connectivity index (χ2v) is 4.83. The largest absolute Gasteiger partial charge is 0.416 e. The average Bonchev–Trinajstić information content (AvgIpc) is 2.30. The lowest BCUT2D eigenvalue weighted by Crippen LogP contribution is -2.26. The van der Waals surface area contributed by atoms with E-state index >= 15 is 0 Å². The fourth-order valence-corrected chi connectivity index (χ4v) is 1.44. The lowest BCUT2D eigenvalue weighted by Gasteiger charge is -2.23. The predicted octanol–water partition coefficient (Wildman–Crippen LogP) is 4.07. The maximum atomic E-state index is 13.4. The van der Waals surface area contributed by atoms with Crippen molar-refractivity contribution < 1.29 is 22.3 Å². The van der Waals surface area contributed by atoms with Crippen LogP contribution in [0.15, 0.2) is 18.2 Å². The molecule has 0 aromatic heterocycles. The molecule has 6 heteroatoms. The molecule has 0 spiro atoms. The molecule has 0 saturated carbocycles. The molecule has 1 aromatic rings. The molecular weight excluding hydrogens is 262 g/mol. The molecule has 108 valence electrons. The molecule has 1 N–H and O–H groups in total. The first-order chi connectivity index (χ1) is 8.65. The lowest BCUT2D eigenvalue weighted by molar-refractivity contribution is -0.137. The third-order valence-corrected chi connectivity index (χ3v) is 2.89. The maximum Gasteiger partial charge on any atom is 0.416 e. The van der Waals surface area contributed by atoms with Gasteiger partial charge < -0.3 is 10.1 Å². The van der Waals surface area contributed by atoms with Crippen LogP contribution in [0.2, 0.25) is 0 Å². The molecule has 0 heterocycles. The summed E-state index contributed by atoms with van der Waals surface area (Å²) >= 11 is 0. The van der Waals surface area contributed by atoms with Crippen molar-refractivity contribution in [1.82, 2.24) is 0 Å². The van der Waals surface area contributed by atoms with E-state index in [2.05, 4.69) is 5.32 Å². The molecule has 0 aliphatic heterocycles. The van der Waals surface area contributed by atoms with Gasteiger partial charge in [0.2, 0.25) is 0 Å². The van der Waals surface area contributed by atoms with E-state index in [4.69, 9.17) is 4.74 Å². The van der Waals surface area contributed by atoms with E-state index in [9.17, 15) is 17.6 Å². The molecule has 0 aliphatic carbocycles. The average molecular weight is 279 g/mol. The number of ether oxygens (including phenoxy) is 1. The summed E-state index contributed by atoms with van der Waals surface area (Å²) in [5.74, 6) is -0.705. The van der Waals surface area contributed by atoms with Gasteiger partial charge in [0.25, 0.3) is 0 Å². The fraction of sp³-hybridized carbons (Fsp3) is 0.538. The van der Waals surface area contributed by atoms with Crippen molar-refractivity contribution in [3.05, 3.63) is 29.6 Å². The number of methoxy groups -OCH3 is 1. The van der Waals surface area contributed by atoms with Crippen molar-refractivity contribution in [3.63, 3.8) is 0 Å². The molecule has 0 bridgehead atoms. The topological polar surface area (TPSA) is 21.3 Å². The summed E-state index contributed by atoms with van der Waals surface area (Å²) in [6.45, 7) is 4.01. The quantitative estimate of drug-likeness (QED) is 0.820. The summed E-state index contributed by atoms with van der Waals surface area (Å²) in [4.78, 5) is 0. The molecule has 0 unspecified atom stereocenters. The van der Waals surface area contributed by atoms with Crippen LogP contribution in [0.4, 0.5) is 23.2 Å². The summed E-state index contributed by atoms with van der Waals surface area (Å²) in [7, 11) is 1.55. The Balaban J connectivity index is 2.73. The van der Waals surface area contributed by atoms with E-state index in [-0.39, 0.29) is 5.69 Å². The van der Waals surface area contributed by atoms with Gasteiger partial charge in [0.15, 0.2) is 0 Å². The van der Waals surface area contributed by atoms with Gasteiger partial charge in [0, 0.05) is 13.7 Å². The van der Waals surface area contributed by atoms with Crippen LogP contribution in [-0.2, 0) is 10.9 Å². The van der Waals surface area contributed by atoms with Crippen LogP contribution in [-0.4, -0.2) is 19.3 Å². The number of rotatable bonds is 5. The highest BCUT2D eigenvalue weighted by Gasteiger charge is 2.31. The van der Waals surface area contributed by atoms with Crippen molar-refractivity contribution >= 4 is 5.69 Å². The Morgan fingerprint density at radius 2 is 1.84 bits per heavy atom. The van der Waals surface area contributed by atoms with E-state index in [0.717, 1.165) is 18.2 Å². The van der Waals surface area contributed by atoms with Crippen LogP contribution in [0.1, 0.15) is 25.8 Å². The summed E-state index contributed by atoms with van der Waals surface area (Å²) in [5.41, 5.74) is -1.44. The van der Waals surface area contributed by atoms with Crippen LogP contribution in [0, 0.1) is 5.82 Å². The minimum atomic E-state index is -4.48. The number of hydrogen-bond acceptors (Lipinski definition) is 2. The highest BCUT2D eigenvalue weighted by Crippen LogP contribution is 2.31. The van der Waals surface area contributed by atoms with Gasteiger partial charge >= 0.3 is 6.18 Å². The van der Waals surface area contributed by atoms with Crippen LogP contribution in [0.5, 0.6) is 0 Å². The zero-order valence-electron chi connectivity index (χ0n) is 11.1. The first kappa shape index (κ1) is 15.8. The Bertz CT molecular complexity index is 429. The van der Waals surface area contributed by atoms with Crippen LogP contribution in [0.25, 0.3) is 0 Å². The lowest BCUT2D eigenvalue weighted by atomic mass is 10.1. The monoisotopic (exact) mass is 279 g/mol. The van der Waals surface area contributed by atoms with E-state index in [0.29, 0.717) is 13.0 Å². The molecule has 0 atom stereocenters. The van der Waals surface area contributed by atoms with Crippen molar-refractivity contribution in [3.8, 4) is 0 Å². The number of hydrogen-bond donors (Lipinski definition) is 1. The number of benzene rings is 1. The summed E-state index contributed by atoms with van der Waals surface area (Å²) in [6, 6.07) is 2.31. The summed E-state index contributed by atoms with van der Waals surface area (Å²) in [5, 5.41) is 2.66. The van der Waals surface area contributed by atoms with Crippen LogP contribution < -0.4 is 5.32 Å². The predicted molar refractivity (Wildman–Crippen MR) is 65.6 cm³/mol. The number of nitrogens with one attached hydrogen (secondary N) is 1. The van der Waals surface area contributed by atoms with E-state index in [1.54, 1.807) is 7.11 Å². The zero-order valence-corrected chi connectivity index (χ0v) is 11.1. The Morgan fingerprint density at radius 3 is 2.37 bits per heavy atom. The summed E-state index contributed by atoms with van der Waals surface area (Å²) in [6.07, 6.45) is -3.94. The van der Waals surface area contributed by atoms with E-state index in [1.165, 1.54) is 0 Å². The second kappa shape index (κ2) is 5.77. The molecular formula is C13H17F4NO. The molecule has 0 saturated heterocycles. The highest BCUT2D eigenvalue weighted by atomic mass is 19.4. The van der Waals surface area contributed by atoms with Gasteiger partial charge in [-0.2, -0.15) is 13.2 Å². The first-order valence-corrected chi connectivity index (χ1v) is 5.81. The van der Waals surface area contributed by atoms with Gasteiger partial charge in [-0.1, -0.05) is 0 Å². The van der Waals surface area contributed by atoms with Gasteiger partial charge in [-0.3, -0.25) is 0 Å². The van der Waals surface area contributed by atoms with Crippen LogP contribution >= 0.6 is 0 Å². The molecule has 19 heavy (non-hydrogen) atoms. The highest BCUT2D eigenvalue weighted by molar-refractivity contribution is 5.48. The van der Waals surface area contributed by atoms with Gasteiger partial charge in [-0.15, -0.1) is 0 Å². The molecule has 0 amide bonds. The van der Waals surface area contributed by atoms with Gasteiger partial charge in [0.05, 0.1) is 16.9 Å². The Hall–Kier alpha value is -1.30. The molecule has 0 fully saturated rings. The number of alkyl halides is 3. The van der Waals surface area contributed by atoms with Gasteiger partial charge in [-0.05, 0) is 38.5 Å². The zero-order chi connectivity index (χ0) is 14.7. The molecule has 2 nitrogen and oxygen atoms in total.